The molecular formula is C20H18N2O5. The number of carbonyl (C=O) groups is 2. The molecule has 0 aromatic heterocycles. The van der Waals surface area contributed by atoms with Crippen LogP contribution in [0, 0.1) is 10.1 Å². The van der Waals surface area contributed by atoms with Gasteiger partial charge in [0.2, 0.25) is 0 Å². The zero-order valence-electron chi connectivity index (χ0n) is 14.7. The highest BCUT2D eigenvalue weighted by Crippen LogP contribution is 2.31. The number of para-hydroxylation sites is 1. The van der Waals surface area contributed by atoms with Gasteiger partial charge < -0.3 is 9.64 Å². The third-order valence-electron chi connectivity index (χ3n) is 4.33. The minimum Gasteiger partial charge on any atom is -0.452 e. The second-order valence-corrected chi connectivity index (χ2v) is 6.24. The maximum Gasteiger partial charge on any atom is 0.331 e. The Balaban J connectivity index is 1.56. The summed E-state index contributed by atoms with van der Waals surface area (Å²) < 4.78 is 5.04. The number of nitro groups is 1. The van der Waals surface area contributed by atoms with Crippen molar-refractivity contribution < 1.29 is 19.2 Å². The lowest BCUT2D eigenvalue weighted by atomic mass is 10.1. The van der Waals surface area contributed by atoms with E-state index in [1.54, 1.807) is 4.90 Å². The average Bonchev–Trinajstić information content (AvgIpc) is 3.00. The Hall–Kier alpha value is -3.48. The van der Waals surface area contributed by atoms with Crippen LogP contribution in [0.3, 0.4) is 0 Å². The van der Waals surface area contributed by atoms with E-state index in [1.165, 1.54) is 36.4 Å². The largest absolute Gasteiger partial charge is 0.452 e. The number of ether oxygens (including phenoxy) is 1. The van der Waals surface area contributed by atoms with Crippen molar-refractivity contribution in [3.05, 3.63) is 75.8 Å². The molecule has 7 heteroatoms. The van der Waals surface area contributed by atoms with Crippen LogP contribution in [0.2, 0.25) is 0 Å². The lowest BCUT2D eigenvalue weighted by Gasteiger charge is -2.22. The van der Waals surface area contributed by atoms with Crippen molar-refractivity contribution in [2.24, 2.45) is 0 Å². The topological polar surface area (TPSA) is 89.8 Å². The number of carbonyl (C=O) groups excluding carboxylic acids is 2. The number of fused-ring (bicyclic) bond motifs is 1. The molecule has 1 atom stereocenters. The summed E-state index contributed by atoms with van der Waals surface area (Å²) in [6.45, 7) is 1.61. The summed E-state index contributed by atoms with van der Waals surface area (Å²) in [5.74, 6) is -0.925. The Morgan fingerprint density at radius 1 is 1.22 bits per heavy atom. The molecular weight excluding hydrogens is 348 g/mol. The van der Waals surface area contributed by atoms with Crippen molar-refractivity contribution in [3.63, 3.8) is 0 Å². The lowest BCUT2D eigenvalue weighted by Crippen LogP contribution is -2.38. The number of esters is 1. The fourth-order valence-electron chi connectivity index (χ4n) is 3.07. The normalized spacial score (nSPS) is 15.6. The first-order chi connectivity index (χ1) is 13.0. The summed E-state index contributed by atoms with van der Waals surface area (Å²) in [5, 5.41) is 10.6. The van der Waals surface area contributed by atoms with Gasteiger partial charge in [0.05, 0.1) is 4.92 Å². The van der Waals surface area contributed by atoms with Gasteiger partial charge in [-0.25, -0.2) is 4.79 Å². The maximum absolute atomic E-state index is 12.5. The van der Waals surface area contributed by atoms with E-state index in [0.717, 1.165) is 17.7 Å². The van der Waals surface area contributed by atoms with Crippen LogP contribution >= 0.6 is 0 Å². The van der Waals surface area contributed by atoms with Crippen molar-refractivity contribution >= 4 is 29.3 Å². The molecule has 1 amide bonds. The van der Waals surface area contributed by atoms with E-state index in [0.29, 0.717) is 5.56 Å². The number of hydrogen-bond acceptors (Lipinski definition) is 5. The van der Waals surface area contributed by atoms with Crippen molar-refractivity contribution in [3.8, 4) is 0 Å². The smallest absolute Gasteiger partial charge is 0.331 e. The Kier molecular flexibility index (Phi) is 5.30. The quantitative estimate of drug-likeness (QED) is 0.351. The monoisotopic (exact) mass is 366 g/mol. The van der Waals surface area contributed by atoms with Crippen LogP contribution in [0.15, 0.2) is 54.6 Å². The first-order valence-electron chi connectivity index (χ1n) is 8.45. The van der Waals surface area contributed by atoms with Gasteiger partial charge >= 0.3 is 5.97 Å². The number of nitrogens with zero attached hydrogens (tertiary/aromatic N) is 2. The molecule has 0 bridgehead atoms. The first-order valence-corrected chi connectivity index (χ1v) is 8.45. The molecule has 1 heterocycles. The molecule has 0 aliphatic carbocycles. The molecule has 0 fully saturated rings. The predicted octanol–water partition coefficient (Wildman–Crippen LogP) is 3.13. The van der Waals surface area contributed by atoms with Gasteiger partial charge in [0.25, 0.3) is 11.6 Å². The molecule has 27 heavy (non-hydrogen) atoms. The summed E-state index contributed by atoms with van der Waals surface area (Å²) in [7, 11) is 0. The van der Waals surface area contributed by atoms with Gasteiger partial charge in [-0.1, -0.05) is 18.2 Å². The van der Waals surface area contributed by atoms with E-state index in [4.69, 9.17) is 4.74 Å². The van der Waals surface area contributed by atoms with Crippen LogP contribution < -0.4 is 4.90 Å². The third kappa shape index (κ3) is 4.20. The predicted molar refractivity (Wildman–Crippen MR) is 100 cm³/mol. The van der Waals surface area contributed by atoms with Crippen molar-refractivity contribution in [2.45, 2.75) is 19.4 Å². The molecule has 1 aliphatic heterocycles. The van der Waals surface area contributed by atoms with Crippen LogP contribution in [-0.2, 0) is 20.7 Å². The van der Waals surface area contributed by atoms with Gasteiger partial charge in [-0.15, -0.1) is 0 Å². The van der Waals surface area contributed by atoms with Gasteiger partial charge in [0.1, 0.15) is 0 Å². The summed E-state index contributed by atoms with van der Waals surface area (Å²) >= 11 is 0. The lowest BCUT2D eigenvalue weighted by molar-refractivity contribution is -0.384. The number of non-ortho nitro benzene ring substituents is 1. The van der Waals surface area contributed by atoms with E-state index in [2.05, 4.69) is 0 Å². The second-order valence-electron chi connectivity index (χ2n) is 6.24. The standard InChI is InChI=1S/C20H18N2O5/c1-14-12-16-4-2-3-5-18(16)21(14)19(23)13-27-20(24)11-8-15-6-9-17(10-7-15)22(25)26/h2-11,14H,12-13H2,1H3/b11-8+/t14-/m1/s1. The average molecular weight is 366 g/mol. The summed E-state index contributed by atoms with van der Waals surface area (Å²) in [5.41, 5.74) is 2.54. The minimum atomic E-state index is -0.651. The molecule has 138 valence electrons. The third-order valence-corrected chi connectivity index (χ3v) is 4.33. The van der Waals surface area contributed by atoms with E-state index in [1.807, 2.05) is 31.2 Å². The Bertz CT molecular complexity index is 905. The Morgan fingerprint density at radius 3 is 2.63 bits per heavy atom. The first kappa shape index (κ1) is 18.3. The van der Waals surface area contributed by atoms with Crippen LogP contribution in [0.4, 0.5) is 11.4 Å². The van der Waals surface area contributed by atoms with E-state index >= 15 is 0 Å². The number of nitro benzene ring substituents is 1. The summed E-state index contributed by atoms with van der Waals surface area (Å²) in [4.78, 5) is 36.1. The fraction of sp³-hybridized carbons (Fsp3) is 0.200. The Labute approximate surface area is 156 Å². The minimum absolute atomic E-state index is 0.0178. The molecule has 2 aromatic carbocycles. The van der Waals surface area contributed by atoms with Gasteiger partial charge in [-0.2, -0.15) is 0 Å². The molecule has 0 spiro atoms. The number of hydrogen-bond donors (Lipinski definition) is 0. The van der Waals surface area contributed by atoms with Crippen LogP contribution in [-0.4, -0.2) is 29.4 Å². The fourth-order valence-corrected chi connectivity index (χ4v) is 3.07. The van der Waals surface area contributed by atoms with E-state index < -0.39 is 10.9 Å². The number of anilines is 1. The molecule has 2 aromatic rings. The van der Waals surface area contributed by atoms with Gasteiger partial charge in [-0.05, 0) is 48.7 Å². The van der Waals surface area contributed by atoms with E-state index in [9.17, 15) is 19.7 Å². The van der Waals surface area contributed by atoms with Crippen molar-refractivity contribution in [1.29, 1.82) is 0 Å². The number of rotatable bonds is 5. The molecule has 7 nitrogen and oxygen atoms in total. The zero-order chi connectivity index (χ0) is 19.4. The number of benzene rings is 2. The van der Waals surface area contributed by atoms with Gasteiger partial charge in [-0.3, -0.25) is 14.9 Å². The number of amides is 1. The molecule has 1 aliphatic rings. The molecule has 3 rings (SSSR count). The highest BCUT2D eigenvalue weighted by molar-refractivity contribution is 5.98. The molecule has 0 N–H and O–H groups in total. The summed E-state index contributed by atoms with van der Waals surface area (Å²) in [6.07, 6.45) is 3.44. The van der Waals surface area contributed by atoms with Crippen molar-refractivity contribution in [1.82, 2.24) is 0 Å². The highest BCUT2D eigenvalue weighted by atomic mass is 16.6. The Morgan fingerprint density at radius 2 is 1.93 bits per heavy atom. The van der Waals surface area contributed by atoms with Gasteiger partial charge in [0, 0.05) is 29.9 Å². The molecule has 0 saturated heterocycles. The second kappa shape index (κ2) is 7.82. The van der Waals surface area contributed by atoms with Crippen molar-refractivity contribution in [2.75, 3.05) is 11.5 Å². The van der Waals surface area contributed by atoms with E-state index in [-0.39, 0.29) is 24.2 Å². The molecule has 0 radical (unpaired) electrons. The SMILES string of the molecule is C[C@@H]1Cc2ccccc2N1C(=O)COC(=O)/C=C/c1ccc([N+](=O)[O-])cc1. The van der Waals surface area contributed by atoms with Gasteiger partial charge in [0.15, 0.2) is 6.61 Å². The zero-order valence-corrected chi connectivity index (χ0v) is 14.7. The molecule has 0 saturated carbocycles. The summed E-state index contributed by atoms with van der Waals surface area (Å²) in [6, 6.07) is 13.4. The maximum atomic E-state index is 12.5. The van der Waals surface area contributed by atoms with Crippen LogP contribution in [0.5, 0.6) is 0 Å². The van der Waals surface area contributed by atoms with Crippen LogP contribution in [0.1, 0.15) is 18.1 Å². The molecule has 0 unspecified atom stereocenters. The highest BCUT2D eigenvalue weighted by Gasteiger charge is 2.30. The van der Waals surface area contributed by atoms with Crippen LogP contribution in [0.25, 0.3) is 6.08 Å².